The average molecular weight is 272 g/mol. The van der Waals surface area contributed by atoms with Crippen molar-refractivity contribution in [3.05, 3.63) is 64.0 Å². The molecule has 0 aliphatic rings. The third-order valence-electron chi connectivity index (χ3n) is 2.65. The zero-order chi connectivity index (χ0) is 14.5. The molecule has 0 spiro atoms. The number of aromatic nitrogens is 1. The van der Waals surface area contributed by atoms with Gasteiger partial charge < -0.3 is 11.1 Å². The van der Waals surface area contributed by atoms with E-state index < -0.39 is 16.5 Å². The second-order valence-electron chi connectivity index (χ2n) is 4.02. The number of nitro groups is 1. The van der Waals surface area contributed by atoms with Crippen molar-refractivity contribution in [2.24, 2.45) is 0 Å². The molecule has 0 fully saturated rings. The van der Waals surface area contributed by atoms with Crippen LogP contribution >= 0.6 is 0 Å². The van der Waals surface area contributed by atoms with Crippen molar-refractivity contribution in [3.63, 3.8) is 0 Å². The van der Waals surface area contributed by atoms with Gasteiger partial charge in [0.05, 0.1) is 4.92 Å². The van der Waals surface area contributed by atoms with E-state index in [1.54, 1.807) is 0 Å². The first-order valence-corrected chi connectivity index (χ1v) is 5.80. The number of benzene rings is 1. The molecule has 1 heterocycles. The molecule has 1 aromatic heterocycles. The summed E-state index contributed by atoms with van der Waals surface area (Å²) in [4.78, 5) is 25.9. The lowest BCUT2D eigenvalue weighted by molar-refractivity contribution is -0.384. The van der Waals surface area contributed by atoms with Gasteiger partial charge in [-0.05, 0) is 11.6 Å². The van der Waals surface area contributed by atoms with E-state index in [1.165, 1.54) is 12.3 Å². The van der Waals surface area contributed by atoms with Crippen LogP contribution in [0.15, 0.2) is 42.6 Å². The van der Waals surface area contributed by atoms with Crippen LogP contribution in [0.25, 0.3) is 0 Å². The zero-order valence-electron chi connectivity index (χ0n) is 10.4. The Kier molecular flexibility index (Phi) is 3.90. The molecule has 1 amide bonds. The topological polar surface area (TPSA) is 111 Å². The van der Waals surface area contributed by atoms with Gasteiger partial charge in [0.25, 0.3) is 5.91 Å². The Morgan fingerprint density at radius 2 is 2.00 bits per heavy atom. The molecular formula is C13H12N4O3. The third-order valence-corrected chi connectivity index (χ3v) is 2.65. The molecule has 20 heavy (non-hydrogen) atoms. The molecule has 0 aliphatic heterocycles. The molecule has 0 saturated heterocycles. The number of anilines is 1. The van der Waals surface area contributed by atoms with Gasteiger partial charge in [0.15, 0.2) is 0 Å². The SMILES string of the molecule is Nc1ccnc(C(=O)NCc2ccccc2)c1[N+](=O)[O-]. The summed E-state index contributed by atoms with van der Waals surface area (Å²) in [5, 5.41) is 13.5. The summed E-state index contributed by atoms with van der Waals surface area (Å²) >= 11 is 0. The van der Waals surface area contributed by atoms with Gasteiger partial charge in [0.2, 0.25) is 5.69 Å². The number of nitrogens with zero attached hydrogens (tertiary/aromatic N) is 2. The van der Waals surface area contributed by atoms with Crippen LogP contribution in [-0.2, 0) is 6.54 Å². The lowest BCUT2D eigenvalue weighted by Crippen LogP contribution is -2.25. The first-order valence-electron chi connectivity index (χ1n) is 5.80. The van der Waals surface area contributed by atoms with Gasteiger partial charge in [-0.2, -0.15) is 0 Å². The van der Waals surface area contributed by atoms with Crippen LogP contribution < -0.4 is 11.1 Å². The molecular weight excluding hydrogens is 260 g/mol. The fourth-order valence-corrected chi connectivity index (χ4v) is 1.69. The molecule has 0 aliphatic carbocycles. The van der Waals surface area contributed by atoms with E-state index in [4.69, 9.17) is 5.73 Å². The van der Waals surface area contributed by atoms with Crippen molar-refractivity contribution in [1.29, 1.82) is 0 Å². The molecule has 102 valence electrons. The molecule has 0 radical (unpaired) electrons. The van der Waals surface area contributed by atoms with E-state index in [1.807, 2.05) is 30.3 Å². The Labute approximate surface area is 114 Å². The van der Waals surface area contributed by atoms with Gasteiger partial charge in [-0.15, -0.1) is 0 Å². The normalized spacial score (nSPS) is 10.0. The number of amides is 1. The molecule has 7 heteroatoms. The molecule has 1 aromatic carbocycles. The molecule has 0 atom stereocenters. The number of nitrogens with one attached hydrogen (secondary N) is 1. The van der Waals surface area contributed by atoms with E-state index in [0.717, 1.165) is 5.56 Å². The number of pyridine rings is 1. The smallest absolute Gasteiger partial charge is 0.323 e. The van der Waals surface area contributed by atoms with Crippen LogP contribution in [-0.4, -0.2) is 15.8 Å². The number of hydrogen-bond donors (Lipinski definition) is 2. The van der Waals surface area contributed by atoms with Crippen molar-refractivity contribution in [2.45, 2.75) is 6.54 Å². The van der Waals surface area contributed by atoms with Crippen LogP contribution in [0.3, 0.4) is 0 Å². The monoisotopic (exact) mass is 272 g/mol. The zero-order valence-corrected chi connectivity index (χ0v) is 10.4. The average Bonchev–Trinajstić information content (AvgIpc) is 2.45. The van der Waals surface area contributed by atoms with Crippen LogP contribution in [0.4, 0.5) is 11.4 Å². The number of hydrogen-bond acceptors (Lipinski definition) is 5. The number of nitrogens with two attached hydrogens (primary N) is 1. The number of rotatable bonds is 4. The minimum atomic E-state index is -0.709. The summed E-state index contributed by atoms with van der Waals surface area (Å²) in [5.41, 5.74) is 5.54. The standard InChI is InChI=1S/C13H12N4O3/c14-10-6-7-15-11(12(10)17(19)20)13(18)16-8-9-4-2-1-3-5-9/h1-7H,8H2,(H2,14,15)(H,16,18). The number of carbonyl (C=O) groups is 1. The first-order chi connectivity index (χ1) is 9.59. The lowest BCUT2D eigenvalue weighted by atomic mass is 10.2. The minimum absolute atomic E-state index is 0.0881. The van der Waals surface area contributed by atoms with E-state index in [2.05, 4.69) is 10.3 Å². The molecule has 2 rings (SSSR count). The van der Waals surface area contributed by atoms with Crippen LogP contribution in [0.2, 0.25) is 0 Å². The summed E-state index contributed by atoms with van der Waals surface area (Å²) < 4.78 is 0. The molecule has 0 unspecified atom stereocenters. The first kappa shape index (κ1) is 13.5. The van der Waals surface area contributed by atoms with Crippen molar-refractivity contribution >= 4 is 17.3 Å². The van der Waals surface area contributed by atoms with Gasteiger partial charge in [-0.25, -0.2) is 4.98 Å². The summed E-state index contributed by atoms with van der Waals surface area (Å²) in [7, 11) is 0. The van der Waals surface area contributed by atoms with Crippen molar-refractivity contribution in [3.8, 4) is 0 Å². The summed E-state index contributed by atoms with van der Waals surface area (Å²) in [6.07, 6.45) is 1.26. The summed E-state index contributed by atoms with van der Waals surface area (Å²) in [6.45, 7) is 0.257. The highest BCUT2D eigenvalue weighted by Gasteiger charge is 2.24. The molecule has 2 aromatic rings. The Bertz CT molecular complexity index is 643. The van der Waals surface area contributed by atoms with E-state index in [-0.39, 0.29) is 17.9 Å². The van der Waals surface area contributed by atoms with Gasteiger partial charge in [-0.1, -0.05) is 30.3 Å². The van der Waals surface area contributed by atoms with Crippen LogP contribution in [0.1, 0.15) is 16.1 Å². The maximum absolute atomic E-state index is 12.0. The highest BCUT2D eigenvalue weighted by atomic mass is 16.6. The fourth-order valence-electron chi connectivity index (χ4n) is 1.69. The third kappa shape index (κ3) is 2.89. The Morgan fingerprint density at radius 3 is 2.65 bits per heavy atom. The van der Waals surface area contributed by atoms with Crippen molar-refractivity contribution < 1.29 is 9.72 Å². The Hall–Kier alpha value is -2.96. The number of carbonyl (C=O) groups excluding carboxylic acids is 1. The van der Waals surface area contributed by atoms with Crippen LogP contribution in [0, 0.1) is 10.1 Å². The largest absolute Gasteiger partial charge is 0.393 e. The Balaban J connectivity index is 2.18. The predicted octanol–water partition coefficient (Wildman–Crippen LogP) is 1.50. The number of nitrogen functional groups attached to an aromatic ring is 1. The maximum atomic E-state index is 12.0. The molecule has 7 nitrogen and oxygen atoms in total. The van der Waals surface area contributed by atoms with Gasteiger partial charge in [-0.3, -0.25) is 14.9 Å². The molecule has 0 bridgehead atoms. The lowest BCUT2D eigenvalue weighted by Gasteiger charge is -2.06. The fraction of sp³-hybridized carbons (Fsp3) is 0.0769. The van der Waals surface area contributed by atoms with Gasteiger partial charge in [0.1, 0.15) is 5.69 Å². The van der Waals surface area contributed by atoms with Gasteiger partial charge >= 0.3 is 5.69 Å². The van der Waals surface area contributed by atoms with Gasteiger partial charge in [0, 0.05) is 12.7 Å². The molecule has 0 saturated carbocycles. The van der Waals surface area contributed by atoms with Crippen molar-refractivity contribution in [1.82, 2.24) is 10.3 Å². The summed E-state index contributed by atoms with van der Waals surface area (Å²) in [5.74, 6) is -0.632. The second-order valence-corrected chi connectivity index (χ2v) is 4.02. The highest BCUT2D eigenvalue weighted by molar-refractivity contribution is 5.98. The van der Waals surface area contributed by atoms with E-state index >= 15 is 0 Å². The van der Waals surface area contributed by atoms with E-state index in [0.29, 0.717) is 0 Å². The van der Waals surface area contributed by atoms with Crippen LogP contribution in [0.5, 0.6) is 0 Å². The predicted molar refractivity (Wildman–Crippen MR) is 72.9 cm³/mol. The highest BCUT2D eigenvalue weighted by Crippen LogP contribution is 2.23. The maximum Gasteiger partial charge on any atom is 0.323 e. The Morgan fingerprint density at radius 1 is 1.30 bits per heavy atom. The summed E-state index contributed by atoms with van der Waals surface area (Å²) in [6, 6.07) is 10.5. The minimum Gasteiger partial charge on any atom is -0.393 e. The van der Waals surface area contributed by atoms with Crippen molar-refractivity contribution in [2.75, 3.05) is 5.73 Å². The molecule has 3 N–H and O–H groups in total. The quantitative estimate of drug-likeness (QED) is 0.647. The second kappa shape index (κ2) is 5.79. The van der Waals surface area contributed by atoms with E-state index in [9.17, 15) is 14.9 Å².